The second-order valence-corrected chi connectivity index (χ2v) is 7.29. The van der Waals surface area contributed by atoms with Gasteiger partial charge in [0.15, 0.2) is 0 Å². The fourth-order valence-electron chi connectivity index (χ4n) is 3.33. The Morgan fingerprint density at radius 2 is 1.95 bits per heavy atom. The third-order valence-electron chi connectivity index (χ3n) is 4.88. The lowest BCUT2D eigenvalue weighted by atomic mass is 9.65. The summed E-state index contributed by atoms with van der Waals surface area (Å²) < 4.78 is 13.8. The molecule has 1 fully saturated rings. The minimum absolute atomic E-state index is 0.0684. The molecule has 1 aliphatic carbocycles. The van der Waals surface area contributed by atoms with Gasteiger partial charge in [-0.15, -0.1) is 11.6 Å². The fraction of sp³-hybridized carbons (Fsp3) is 0.647. The van der Waals surface area contributed by atoms with Gasteiger partial charge in [0.25, 0.3) is 0 Å². The van der Waals surface area contributed by atoms with E-state index in [4.69, 9.17) is 11.6 Å². The van der Waals surface area contributed by atoms with E-state index in [-0.39, 0.29) is 16.6 Å². The molecule has 0 spiro atoms. The summed E-state index contributed by atoms with van der Waals surface area (Å²) in [5, 5.41) is 0.197. The molecule has 0 amide bonds. The third kappa shape index (κ3) is 2.97. The van der Waals surface area contributed by atoms with Gasteiger partial charge in [0.2, 0.25) is 0 Å². The number of hydrogen-bond acceptors (Lipinski definition) is 0. The number of rotatable bonds is 2. The minimum atomic E-state index is -0.110. The molecule has 2 heteroatoms. The van der Waals surface area contributed by atoms with Crippen molar-refractivity contribution in [1.29, 1.82) is 0 Å². The summed E-state index contributed by atoms with van der Waals surface area (Å²) in [6, 6.07) is 5.62. The van der Waals surface area contributed by atoms with Crippen molar-refractivity contribution in [3.05, 3.63) is 35.1 Å². The molecule has 106 valence electrons. The van der Waals surface area contributed by atoms with Crippen LogP contribution in [0.1, 0.15) is 51.2 Å². The molecule has 3 unspecified atom stereocenters. The van der Waals surface area contributed by atoms with Crippen molar-refractivity contribution >= 4 is 11.6 Å². The van der Waals surface area contributed by atoms with E-state index in [0.717, 1.165) is 18.4 Å². The maximum atomic E-state index is 13.8. The van der Waals surface area contributed by atoms with Crippen molar-refractivity contribution in [1.82, 2.24) is 0 Å². The Morgan fingerprint density at radius 3 is 2.53 bits per heavy atom. The van der Waals surface area contributed by atoms with E-state index < -0.39 is 0 Å². The Hall–Kier alpha value is -0.560. The molecule has 1 aromatic carbocycles. The molecule has 3 atom stereocenters. The van der Waals surface area contributed by atoms with Crippen molar-refractivity contribution in [3.8, 4) is 0 Å². The lowest BCUT2D eigenvalue weighted by Gasteiger charge is -2.42. The fourth-order valence-corrected chi connectivity index (χ4v) is 4.08. The largest absolute Gasteiger partial charge is 0.207 e. The number of benzene rings is 1. The van der Waals surface area contributed by atoms with E-state index in [0.29, 0.717) is 17.4 Å². The number of aryl methyl sites for hydroxylation is 1. The number of hydrogen-bond donors (Lipinski definition) is 0. The molecular formula is C17H24ClF. The zero-order chi connectivity index (χ0) is 14.2. The van der Waals surface area contributed by atoms with Crippen LogP contribution < -0.4 is 0 Å². The molecule has 19 heavy (non-hydrogen) atoms. The predicted octanol–water partition coefficient (Wildman–Crippen LogP) is 5.46. The van der Waals surface area contributed by atoms with Gasteiger partial charge in [0.05, 0.1) is 0 Å². The van der Waals surface area contributed by atoms with Crippen LogP contribution in [0.15, 0.2) is 18.2 Å². The Balaban J connectivity index is 2.28. The highest BCUT2D eigenvalue weighted by Crippen LogP contribution is 2.44. The van der Waals surface area contributed by atoms with Crippen LogP contribution >= 0.6 is 11.6 Å². The molecule has 1 saturated carbocycles. The van der Waals surface area contributed by atoms with Gasteiger partial charge in [-0.2, -0.15) is 0 Å². The molecule has 0 nitrogen and oxygen atoms in total. The van der Waals surface area contributed by atoms with E-state index in [1.165, 1.54) is 6.42 Å². The molecule has 0 N–H and O–H groups in total. The highest BCUT2D eigenvalue weighted by Gasteiger charge is 2.39. The van der Waals surface area contributed by atoms with Crippen LogP contribution in [0.25, 0.3) is 0 Å². The highest BCUT2D eigenvalue weighted by molar-refractivity contribution is 6.20. The van der Waals surface area contributed by atoms with Gasteiger partial charge in [0, 0.05) is 5.38 Å². The first-order chi connectivity index (χ1) is 8.82. The maximum absolute atomic E-state index is 13.8. The summed E-state index contributed by atoms with van der Waals surface area (Å²) in [5.41, 5.74) is 1.71. The second-order valence-electron chi connectivity index (χ2n) is 6.73. The first-order valence-electron chi connectivity index (χ1n) is 7.23. The summed E-state index contributed by atoms with van der Waals surface area (Å²) in [6.45, 7) is 8.48. The van der Waals surface area contributed by atoms with Gasteiger partial charge in [-0.1, -0.05) is 39.3 Å². The van der Waals surface area contributed by atoms with E-state index in [2.05, 4.69) is 26.8 Å². The lowest BCUT2D eigenvalue weighted by Crippen LogP contribution is -2.38. The SMILES string of the molecule is Cc1ccc(C(C)(C)C2CCC(C)CC2Cl)cc1F. The van der Waals surface area contributed by atoms with Gasteiger partial charge in [-0.05, 0) is 54.2 Å². The highest BCUT2D eigenvalue weighted by atomic mass is 35.5. The van der Waals surface area contributed by atoms with Crippen molar-refractivity contribution in [3.63, 3.8) is 0 Å². The molecule has 1 aromatic rings. The van der Waals surface area contributed by atoms with Crippen molar-refractivity contribution in [2.75, 3.05) is 0 Å². The van der Waals surface area contributed by atoms with Crippen LogP contribution in [0.2, 0.25) is 0 Å². The molecule has 0 aromatic heterocycles. The van der Waals surface area contributed by atoms with Crippen LogP contribution in [0.3, 0.4) is 0 Å². The quantitative estimate of drug-likeness (QED) is 0.632. The van der Waals surface area contributed by atoms with E-state index >= 15 is 0 Å². The third-order valence-corrected chi connectivity index (χ3v) is 5.36. The summed E-state index contributed by atoms with van der Waals surface area (Å²) >= 11 is 6.59. The lowest BCUT2D eigenvalue weighted by molar-refractivity contribution is 0.207. The monoisotopic (exact) mass is 282 g/mol. The molecule has 0 radical (unpaired) electrons. The Kier molecular flexibility index (Phi) is 4.25. The average Bonchev–Trinajstić information content (AvgIpc) is 2.32. The van der Waals surface area contributed by atoms with Crippen molar-refractivity contribution in [2.24, 2.45) is 11.8 Å². The molecule has 0 aliphatic heterocycles. The molecule has 1 aliphatic rings. The van der Waals surface area contributed by atoms with Crippen LogP contribution in [-0.2, 0) is 5.41 Å². The van der Waals surface area contributed by atoms with Crippen LogP contribution in [0, 0.1) is 24.6 Å². The standard InChI is InChI=1S/C17H24ClF/c1-11-5-8-14(15(18)9-11)17(3,4)13-7-6-12(2)16(19)10-13/h6-7,10-11,14-15H,5,8-9H2,1-4H3. The van der Waals surface area contributed by atoms with Gasteiger partial charge in [0.1, 0.15) is 5.82 Å². The number of alkyl halides is 1. The Labute approximate surface area is 121 Å². The first-order valence-corrected chi connectivity index (χ1v) is 7.66. The molecule has 2 rings (SSSR count). The van der Waals surface area contributed by atoms with E-state index in [1.54, 1.807) is 13.0 Å². The van der Waals surface area contributed by atoms with Crippen molar-refractivity contribution in [2.45, 2.75) is 57.7 Å². The summed E-state index contributed by atoms with van der Waals surface area (Å²) in [4.78, 5) is 0. The molecule has 0 bridgehead atoms. The van der Waals surface area contributed by atoms with Crippen LogP contribution in [-0.4, -0.2) is 5.38 Å². The normalized spacial score (nSPS) is 28.4. The summed E-state index contributed by atoms with van der Waals surface area (Å²) in [5.74, 6) is 1.03. The average molecular weight is 283 g/mol. The van der Waals surface area contributed by atoms with E-state index in [1.807, 2.05) is 6.07 Å². The minimum Gasteiger partial charge on any atom is -0.207 e. The summed E-state index contributed by atoms with van der Waals surface area (Å²) in [7, 11) is 0. The van der Waals surface area contributed by atoms with Crippen molar-refractivity contribution < 1.29 is 4.39 Å². The predicted molar refractivity (Wildman–Crippen MR) is 80.3 cm³/mol. The zero-order valence-corrected chi connectivity index (χ0v) is 13.1. The molecule has 0 heterocycles. The van der Waals surface area contributed by atoms with Gasteiger partial charge >= 0.3 is 0 Å². The Morgan fingerprint density at radius 1 is 1.26 bits per heavy atom. The van der Waals surface area contributed by atoms with Gasteiger partial charge < -0.3 is 0 Å². The first kappa shape index (κ1) is 14.8. The smallest absolute Gasteiger partial charge is 0.126 e. The number of halogens is 2. The van der Waals surface area contributed by atoms with Crippen LogP contribution in [0.5, 0.6) is 0 Å². The Bertz CT molecular complexity index is 453. The second kappa shape index (κ2) is 5.44. The van der Waals surface area contributed by atoms with E-state index in [9.17, 15) is 4.39 Å². The van der Waals surface area contributed by atoms with Gasteiger partial charge in [-0.3, -0.25) is 0 Å². The molecular weight excluding hydrogens is 259 g/mol. The maximum Gasteiger partial charge on any atom is 0.126 e. The molecule has 0 saturated heterocycles. The van der Waals surface area contributed by atoms with Gasteiger partial charge in [-0.25, -0.2) is 4.39 Å². The van der Waals surface area contributed by atoms with Crippen LogP contribution in [0.4, 0.5) is 4.39 Å². The zero-order valence-electron chi connectivity index (χ0n) is 12.3. The topological polar surface area (TPSA) is 0 Å². The summed E-state index contributed by atoms with van der Waals surface area (Å²) in [6.07, 6.45) is 3.44.